The van der Waals surface area contributed by atoms with Crippen LogP contribution in [0.25, 0.3) is 10.8 Å². The highest BCUT2D eigenvalue weighted by molar-refractivity contribution is 9.11. The average molecular weight is 330 g/mol. The van der Waals surface area contributed by atoms with Crippen LogP contribution in [-0.4, -0.2) is 5.11 Å². The number of fused-ring (bicyclic) bond motifs is 1. The Morgan fingerprint density at radius 2 is 1.67 bits per heavy atom. The van der Waals surface area contributed by atoms with Crippen molar-refractivity contribution in [3.05, 3.63) is 49.5 Å². The number of halogens is 2. The van der Waals surface area contributed by atoms with Gasteiger partial charge in [-0.3, -0.25) is 4.79 Å². The molecule has 4 heteroatoms. The second-order valence-corrected chi connectivity index (χ2v) is 4.71. The monoisotopic (exact) mass is 328 g/mol. The van der Waals surface area contributed by atoms with Gasteiger partial charge in [0.15, 0.2) is 5.43 Å². The fourth-order valence-corrected chi connectivity index (χ4v) is 2.27. The minimum atomic E-state index is -0.254. The SMILES string of the molecule is O=c1cc(Br)c2ccccc2c(O)c1Br. The van der Waals surface area contributed by atoms with Crippen LogP contribution < -0.4 is 5.43 Å². The van der Waals surface area contributed by atoms with Gasteiger partial charge in [0, 0.05) is 15.9 Å². The van der Waals surface area contributed by atoms with Gasteiger partial charge in [-0.15, -0.1) is 0 Å². The van der Waals surface area contributed by atoms with Crippen LogP contribution in [0.5, 0.6) is 5.75 Å². The summed E-state index contributed by atoms with van der Waals surface area (Å²) in [5, 5.41) is 11.3. The summed E-state index contributed by atoms with van der Waals surface area (Å²) in [5.41, 5.74) is -0.254. The molecule has 0 aliphatic carbocycles. The first-order valence-electron chi connectivity index (χ1n) is 4.21. The molecule has 76 valence electrons. The standard InChI is InChI=1S/C11H6Br2O2/c12-8-5-9(14)10(13)11(15)7-4-2-1-3-6(7)8/h1-5,15H. The predicted octanol–water partition coefficient (Wildman–Crippen LogP) is 3.43. The van der Waals surface area contributed by atoms with Crippen LogP contribution in [-0.2, 0) is 0 Å². The Kier molecular flexibility index (Phi) is 2.80. The third-order valence-corrected chi connectivity index (χ3v) is 3.54. The van der Waals surface area contributed by atoms with Gasteiger partial charge in [-0.25, -0.2) is 0 Å². The maximum absolute atomic E-state index is 11.5. The van der Waals surface area contributed by atoms with E-state index in [0.29, 0.717) is 9.86 Å². The van der Waals surface area contributed by atoms with E-state index in [0.717, 1.165) is 5.39 Å². The zero-order chi connectivity index (χ0) is 11.0. The minimum absolute atomic E-state index is 0.0266. The van der Waals surface area contributed by atoms with Gasteiger partial charge >= 0.3 is 0 Å². The Morgan fingerprint density at radius 3 is 2.33 bits per heavy atom. The predicted molar refractivity (Wildman–Crippen MR) is 67.3 cm³/mol. The second-order valence-electron chi connectivity index (χ2n) is 3.06. The van der Waals surface area contributed by atoms with Gasteiger partial charge in [0.25, 0.3) is 0 Å². The Bertz CT molecular complexity index is 594. The molecule has 0 saturated carbocycles. The van der Waals surface area contributed by atoms with Crippen molar-refractivity contribution in [1.29, 1.82) is 0 Å². The lowest BCUT2D eigenvalue weighted by atomic mass is 10.2. The van der Waals surface area contributed by atoms with Crippen LogP contribution in [0.15, 0.2) is 44.1 Å². The van der Waals surface area contributed by atoms with Crippen LogP contribution in [0.2, 0.25) is 0 Å². The summed E-state index contributed by atoms with van der Waals surface area (Å²) in [7, 11) is 0. The molecule has 2 aromatic rings. The van der Waals surface area contributed by atoms with Crippen molar-refractivity contribution in [1.82, 2.24) is 0 Å². The zero-order valence-corrected chi connectivity index (χ0v) is 10.7. The first-order valence-corrected chi connectivity index (χ1v) is 5.80. The number of hydrogen-bond donors (Lipinski definition) is 1. The molecule has 0 aliphatic rings. The lowest BCUT2D eigenvalue weighted by molar-refractivity contribution is 0.478. The Morgan fingerprint density at radius 1 is 1.07 bits per heavy atom. The Hall–Kier alpha value is -0.870. The molecule has 0 unspecified atom stereocenters. The van der Waals surface area contributed by atoms with Crippen molar-refractivity contribution in [3.8, 4) is 5.75 Å². The van der Waals surface area contributed by atoms with E-state index in [1.54, 1.807) is 6.07 Å². The Labute approximate surface area is 103 Å². The molecule has 15 heavy (non-hydrogen) atoms. The highest BCUT2D eigenvalue weighted by Gasteiger charge is 2.08. The molecular formula is C11H6Br2O2. The fourth-order valence-electron chi connectivity index (χ4n) is 1.39. The van der Waals surface area contributed by atoms with Gasteiger partial charge in [-0.05, 0) is 21.3 Å². The van der Waals surface area contributed by atoms with E-state index in [1.165, 1.54) is 6.07 Å². The molecule has 1 N–H and O–H groups in total. The number of benzene rings is 1. The van der Waals surface area contributed by atoms with Gasteiger partial charge in [-0.1, -0.05) is 40.2 Å². The van der Waals surface area contributed by atoms with Crippen molar-refractivity contribution >= 4 is 42.6 Å². The Balaban J connectivity index is 3.14. The van der Waals surface area contributed by atoms with Gasteiger partial charge in [0.2, 0.25) is 0 Å². The summed E-state index contributed by atoms with van der Waals surface area (Å²) in [5.74, 6) is -0.0266. The van der Waals surface area contributed by atoms with Crippen LogP contribution >= 0.6 is 31.9 Å². The van der Waals surface area contributed by atoms with Gasteiger partial charge in [0.1, 0.15) is 10.2 Å². The molecule has 0 aliphatic heterocycles. The van der Waals surface area contributed by atoms with E-state index in [-0.39, 0.29) is 15.7 Å². The molecule has 0 radical (unpaired) electrons. The molecule has 0 atom stereocenters. The molecule has 2 nitrogen and oxygen atoms in total. The summed E-state index contributed by atoms with van der Waals surface area (Å²) in [6.45, 7) is 0. The number of hydrogen-bond acceptors (Lipinski definition) is 2. The lowest BCUT2D eigenvalue weighted by Gasteiger charge is -1.96. The molecular weight excluding hydrogens is 324 g/mol. The van der Waals surface area contributed by atoms with E-state index in [2.05, 4.69) is 31.9 Å². The van der Waals surface area contributed by atoms with Crippen molar-refractivity contribution in [2.75, 3.05) is 0 Å². The number of rotatable bonds is 0. The highest BCUT2D eigenvalue weighted by Crippen LogP contribution is 2.32. The summed E-state index contributed by atoms with van der Waals surface area (Å²) in [6, 6.07) is 8.70. The molecule has 0 amide bonds. The third-order valence-electron chi connectivity index (χ3n) is 2.12. The average Bonchev–Trinajstić information content (AvgIpc) is 2.33. The first-order chi connectivity index (χ1) is 7.11. The van der Waals surface area contributed by atoms with Crippen molar-refractivity contribution in [3.63, 3.8) is 0 Å². The number of aromatic hydroxyl groups is 1. The van der Waals surface area contributed by atoms with Crippen LogP contribution in [0, 0.1) is 0 Å². The van der Waals surface area contributed by atoms with Crippen molar-refractivity contribution in [2.24, 2.45) is 0 Å². The molecule has 2 aromatic carbocycles. The zero-order valence-electron chi connectivity index (χ0n) is 7.50. The van der Waals surface area contributed by atoms with Gasteiger partial charge in [-0.2, -0.15) is 0 Å². The maximum atomic E-state index is 11.5. The first kappa shape index (κ1) is 10.6. The van der Waals surface area contributed by atoms with Crippen LogP contribution in [0.3, 0.4) is 0 Å². The van der Waals surface area contributed by atoms with E-state index >= 15 is 0 Å². The van der Waals surface area contributed by atoms with E-state index < -0.39 is 0 Å². The highest BCUT2D eigenvalue weighted by atomic mass is 79.9. The minimum Gasteiger partial charge on any atom is -0.506 e. The molecule has 0 saturated heterocycles. The topological polar surface area (TPSA) is 37.3 Å². The molecule has 0 fully saturated rings. The van der Waals surface area contributed by atoms with Gasteiger partial charge in [0.05, 0.1) is 0 Å². The summed E-state index contributed by atoms with van der Waals surface area (Å²) >= 11 is 6.40. The second kappa shape index (κ2) is 3.94. The molecule has 0 aromatic heterocycles. The van der Waals surface area contributed by atoms with E-state index in [1.807, 2.05) is 18.2 Å². The normalized spacial score (nSPS) is 10.5. The van der Waals surface area contributed by atoms with E-state index in [4.69, 9.17) is 0 Å². The van der Waals surface area contributed by atoms with Gasteiger partial charge < -0.3 is 5.11 Å². The summed E-state index contributed by atoms with van der Waals surface area (Å²) in [6.07, 6.45) is 0. The van der Waals surface area contributed by atoms with Crippen molar-refractivity contribution in [2.45, 2.75) is 0 Å². The van der Waals surface area contributed by atoms with Crippen LogP contribution in [0.1, 0.15) is 0 Å². The smallest absolute Gasteiger partial charge is 0.197 e. The fraction of sp³-hybridized carbons (Fsp3) is 0. The summed E-state index contributed by atoms with van der Waals surface area (Å²) in [4.78, 5) is 11.5. The third kappa shape index (κ3) is 1.79. The molecule has 0 heterocycles. The lowest BCUT2D eigenvalue weighted by Crippen LogP contribution is -1.94. The van der Waals surface area contributed by atoms with E-state index in [9.17, 15) is 9.90 Å². The molecule has 2 rings (SSSR count). The quantitative estimate of drug-likeness (QED) is 0.804. The molecule has 0 spiro atoms. The van der Waals surface area contributed by atoms with Crippen molar-refractivity contribution < 1.29 is 5.11 Å². The molecule has 0 bridgehead atoms. The van der Waals surface area contributed by atoms with Crippen LogP contribution in [0.4, 0.5) is 0 Å². The largest absolute Gasteiger partial charge is 0.506 e. The summed E-state index contributed by atoms with van der Waals surface area (Å²) < 4.78 is 0.855. The maximum Gasteiger partial charge on any atom is 0.197 e.